The van der Waals surface area contributed by atoms with Crippen molar-refractivity contribution in [3.05, 3.63) is 40.3 Å². The van der Waals surface area contributed by atoms with Crippen molar-refractivity contribution in [3.8, 4) is 28.0 Å². The maximum Gasteiger partial charge on any atom is 0.346 e. The summed E-state index contributed by atoms with van der Waals surface area (Å²) in [6.45, 7) is 7.81. The van der Waals surface area contributed by atoms with Crippen LogP contribution >= 0.6 is 11.3 Å². The van der Waals surface area contributed by atoms with Gasteiger partial charge in [0.05, 0.1) is 13.2 Å². The highest BCUT2D eigenvalue weighted by Gasteiger charge is 2.17. The van der Waals surface area contributed by atoms with Crippen molar-refractivity contribution in [2.45, 2.75) is 91.4 Å². The summed E-state index contributed by atoms with van der Waals surface area (Å²) < 4.78 is 12.2. The monoisotopic (exact) mass is 511 g/mol. The number of nitriles is 1. The molecule has 0 amide bonds. The Hall–Kier alpha value is -2.78. The fourth-order valence-electron chi connectivity index (χ4n) is 3.88. The second kappa shape index (κ2) is 16.8. The van der Waals surface area contributed by atoms with Crippen LogP contribution in [0, 0.1) is 11.3 Å². The summed E-state index contributed by atoms with van der Waals surface area (Å²) in [4.78, 5) is 13.3. The van der Waals surface area contributed by atoms with Gasteiger partial charge >= 0.3 is 5.97 Å². The first-order valence-corrected chi connectivity index (χ1v) is 14.2. The van der Waals surface area contributed by atoms with Gasteiger partial charge in [0.15, 0.2) is 0 Å². The zero-order chi connectivity index (χ0) is 26.2. The number of rotatable bonds is 18. The lowest BCUT2D eigenvalue weighted by Crippen LogP contribution is -2.01. The van der Waals surface area contributed by atoms with Gasteiger partial charge in [0.25, 0.3) is 0 Å². The molecule has 0 fully saturated rings. The van der Waals surface area contributed by atoms with E-state index in [9.17, 15) is 15.2 Å². The molecule has 5 nitrogen and oxygen atoms in total. The molecule has 0 spiro atoms. The number of carboxylic acids is 1. The van der Waals surface area contributed by atoms with Gasteiger partial charge in [-0.15, -0.1) is 11.3 Å². The second-order valence-corrected chi connectivity index (χ2v) is 10.1. The van der Waals surface area contributed by atoms with E-state index in [0.717, 1.165) is 65.3 Å². The first-order valence-electron chi connectivity index (χ1n) is 13.4. The fraction of sp³-hybridized carbons (Fsp3) is 0.533. The molecule has 0 saturated heterocycles. The van der Waals surface area contributed by atoms with Crippen LogP contribution in [0.25, 0.3) is 16.5 Å². The SMILES string of the molecule is CCCCCCCCc1cc(C=C(C#N)C(=O)O)sc1-c1ccc(OCCCC)cc1OCCCC. The Balaban J connectivity index is 2.40. The van der Waals surface area contributed by atoms with Crippen LogP contribution in [0.4, 0.5) is 0 Å². The predicted octanol–water partition coefficient (Wildman–Crippen LogP) is 8.67. The molecule has 0 aliphatic carbocycles. The minimum atomic E-state index is -1.21. The van der Waals surface area contributed by atoms with Gasteiger partial charge in [0, 0.05) is 21.4 Å². The quantitative estimate of drug-likeness (QED) is 0.123. The van der Waals surface area contributed by atoms with Crippen LogP contribution in [-0.2, 0) is 11.2 Å². The van der Waals surface area contributed by atoms with Crippen LogP contribution in [0.2, 0.25) is 0 Å². The maximum absolute atomic E-state index is 11.4. The highest BCUT2D eigenvalue weighted by atomic mass is 32.1. The highest BCUT2D eigenvalue weighted by molar-refractivity contribution is 7.16. The molecular formula is C30H41NO4S. The smallest absolute Gasteiger partial charge is 0.346 e. The van der Waals surface area contributed by atoms with Gasteiger partial charge in [0.2, 0.25) is 0 Å². The summed E-state index contributed by atoms with van der Waals surface area (Å²) in [6.07, 6.45) is 13.7. The molecule has 0 aliphatic rings. The van der Waals surface area contributed by atoms with E-state index in [0.29, 0.717) is 13.2 Å². The van der Waals surface area contributed by atoms with Crippen molar-refractivity contribution in [2.75, 3.05) is 13.2 Å². The van der Waals surface area contributed by atoms with Crippen molar-refractivity contribution in [2.24, 2.45) is 0 Å². The van der Waals surface area contributed by atoms with E-state index in [2.05, 4.69) is 26.8 Å². The zero-order valence-corrected chi connectivity index (χ0v) is 22.9. The van der Waals surface area contributed by atoms with E-state index in [1.807, 2.05) is 18.2 Å². The third-order valence-electron chi connectivity index (χ3n) is 5.98. The van der Waals surface area contributed by atoms with Gasteiger partial charge in [0.1, 0.15) is 23.1 Å². The standard InChI is InChI=1S/C30H41NO4S/c1-4-7-10-11-12-13-14-23-19-26(20-24(22-31)30(32)33)36-29(23)27-16-15-25(34-17-8-5-2)21-28(27)35-18-9-6-3/h15-16,19-21H,4-14,17-18H2,1-3H3,(H,32,33). The number of nitrogens with zero attached hydrogens (tertiary/aromatic N) is 1. The van der Waals surface area contributed by atoms with Gasteiger partial charge in [-0.05, 0) is 55.5 Å². The van der Waals surface area contributed by atoms with E-state index < -0.39 is 5.97 Å². The fourth-order valence-corrected chi connectivity index (χ4v) is 5.06. The molecule has 196 valence electrons. The Morgan fingerprint density at radius 1 is 0.944 bits per heavy atom. The van der Waals surface area contributed by atoms with E-state index >= 15 is 0 Å². The average Bonchev–Trinajstić information content (AvgIpc) is 3.27. The molecule has 1 N–H and O–H groups in total. The van der Waals surface area contributed by atoms with E-state index in [4.69, 9.17) is 9.47 Å². The van der Waals surface area contributed by atoms with E-state index in [-0.39, 0.29) is 5.57 Å². The molecule has 1 heterocycles. The number of hydrogen-bond donors (Lipinski definition) is 1. The van der Waals surface area contributed by atoms with E-state index in [1.54, 1.807) is 6.07 Å². The number of hydrogen-bond acceptors (Lipinski definition) is 5. The van der Waals surface area contributed by atoms with Crippen molar-refractivity contribution in [3.63, 3.8) is 0 Å². The Kier molecular flexibility index (Phi) is 13.8. The van der Waals surface area contributed by atoms with Crippen molar-refractivity contribution < 1.29 is 19.4 Å². The summed E-state index contributed by atoms with van der Waals surface area (Å²) in [6, 6.07) is 9.84. The molecule has 2 rings (SSSR count). The Bertz CT molecular complexity index is 1020. The van der Waals surface area contributed by atoms with Gasteiger partial charge in [-0.3, -0.25) is 0 Å². The lowest BCUT2D eigenvalue weighted by Gasteiger charge is -2.14. The Morgan fingerprint density at radius 3 is 2.28 bits per heavy atom. The van der Waals surface area contributed by atoms with Gasteiger partial charge < -0.3 is 14.6 Å². The van der Waals surface area contributed by atoms with Gasteiger partial charge in [-0.1, -0.05) is 65.7 Å². The van der Waals surface area contributed by atoms with Crippen LogP contribution in [0.15, 0.2) is 29.8 Å². The number of carboxylic acid groups (broad SMARTS) is 1. The lowest BCUT2D eigenvalue weighted by atomic mass is 10.0. The molecule has 2 aromatic rings. The third kappa shape index (κ3) is 9.70. The second-order valence-electron chi connectivity index (χ2n) is 9.06. The first-order chi connectivity index (χ1) is 17.5. The number of thiophene rings is 1. The summed E-state index contributed by atoms with van der Waals surface area (Å²) >= 11 is 1.51. The Morgan fingerprint density at radius 2 is 1.61 bits per heavy atom. The average molecular weight is 512 g/mol. The predicted molar refractivity (Wildman–Crippen MR) is 149 cm³/mol. The summed E-state index contributed by atoms with van der Waals surface area (Å²) in [7, 11) is 0. The lowest BCUT2D eigenvalue weighted by molar-refractivity contribution is -0.132. The molecule has 0 saturated carbocycles. The molecule has 36 heavy (non-hydrogen) atoms. The number of ether oxygens (including phenoxy) is 2. The number of unbranched alkanes of at least 4 members (excludes halogenated alkanes) is 7. The highest BCUT2D eigenvalue weighted by Crippen LogP contribution is 2.41. The van der Waals surface area contributed by atoms with Crippen LogP contribution in [0.3, 0.4) is 0 Å². The minimum absolute atomic E-state index is 0.256. The van der Waals surface area contributed by atoms with E-state index in [1.165, 1.54) is 55.1 Å². The normalized spacial score (nSPS) is 11.3. The molecule has 0 aliphatic heterocycles. The number of aliphatic carboxylic acids is 1. The first kappa shape index (κ1) is 29.5. The molecule has 0 atom stereocenters. The minimum Gasteiger partial charge on any atom is -0.493 e. The summed E-state index contributed by atoms with van der Waals surface area (Å²) in [5, 5.41) is 18.6. The van der Waals surface area contributed by atoms with Crippen molar-refractivity contribution in [1.29, 1.82) is 5.26 Å². The molecular weight excluding hydrogens is 470 g/mol. The maximum atomic E-state index is 11.4. The third-order valence-corrected chi connectivity index (χ3v) is 7.14. The molecule has 1 aromatic carbocycles. The molecule has 0 unspecified atom stereocenters. The molecule has 0 bridgehead atoms. The Labute approximate surface area is 220 Å². The molecule has 6 heteroatoms. The van der Waals surface area contributed by atoms with Crippen LogP contribution < -0.4 is 9.47 Å². The zero-order valence-electron chi connectivity index (χ0n) is 22.1. The largest absolute Gasteiger partial charge is 0.493 e. The van der Waals surface area contributed by atoms with Crippen LogP contribution in [0.1, 0.15) is 95.4 Å². The summed E-state index contributed by atoms with van der Waals surface area (Å²) in [5.41, 5.74) is 1.91. The van der Waals surface area contributed by atoms with Crippen molar-refractivity contribution >= 4 is 23.4 Å². The molecule has 1 aromatic heterocycles. The number of carbonyl (C=O) groups is 1. The van der Waals surface area contributed by atoms with Crippen LogP contribution in [0.5, 0.6) is 11.5 Å². The number of benzene rings is 1. The van der Waals surface area contributed by atoms with Gasteiger partial charge in [-0.25, -0.2) is 4.79 Å². The molecule has 0 radical (unpaired) electrons. The topological polar surface area (TPSA) is 79.6 Å². The van der Waals surface area contributed by atoms with Gasteiger partial charge in [-0.2, -0.15) is 5.26 Å². The number of aryl methyl sites for hydroxylation is 1. The van der Waals surface area contributed by atoms with Crippen molar-refractivity contribution in [1.82, 2.24) is 0 Å². The van der Waals surface area contributed by atoms with Crippen LogP contribution in [-0.4, -0.2) is 24.3 Å². The summed E-state index contributed by atoms with van der Waals surface area (Å²) in [5.74, 6) is 0.380.